The highest BCUT2D eigenvalue weighted by atomic mass is 15.2. The van der Waals surface area contributed by atoms with Gasteiger partial charge in [-0.2, -0.15) is 0 Å². The fourth-order valence-corrected chi connectivity index (χ4v) is 4.28. The summed E-state index contributed by atoms with van der Waals surface area (Å²) in [4.78, 5) is 2.63. The number of rotatable bonds is 4. The highest BCUT2D eigenvalue weighted by Gasteiger charge is 2.37. The molecule has 2 aliphatic rings. The van der Waals surface area contributed by atoms with Crippen LogP contribution in [0.3, 0.4) is 0 Å². The summed E-state index contributed by atoms with van der Waals surface area (Å²) in [6.07, 6.45) is 5.64. The standard InChI is InChI=1S/C18H28N2/c1-13-6-14(2)8-15(7-13)11-19-12-16-9-17-4-5-18(10-16)20(17)3/h6-8,16-19H,4-5,9-12H2,1-3H3. The molecule has 1 aromatic rings. The van der Waals surface area contributed by atoms with Gasteiger partial charge in [-0.05, 0) is 64.6 Å². The lowest BCUT2D eigenvalue weighted by Crippen LogP contribution is -2.42. The van der Waals surface area contributed by atoms with Gasteiger partial charge in [-0.3, -0.25) is 0 Å². The lowest BCUT2D eigenvalue weighted by atomic mass is 9.91. The lowest BCUT2D eigenvalue weighted by Gasteiger charge is -2.36. The van der Waals surface area contributed by atoms with E-state index < -0.39 is 0 Å². The Morgan fingerprint density at radius 1 is 1.05 bits per heavy atom. The molecule has 2 aliphatic heterocycles. The van der Waals surface area contributed by atoms with Crippen molar-refractivity contribution in [1.82, 2.24) is 10.2 Å². The number of aryl methyl sites for hydroxylation is 2. The van der Waals surface area contributed by atoms with Gasteiger partial charge in [0.1, 0.15) is 0 Å². The average Bonchev–Trinajstić information content (AvgIpc) is 2.61. The minimum atomic E-state index is 0.863. The second-order valence-electron chi connectivity index (χ2n) is 7.01. The average molecular weight is 272 g/mol. The monoisotopic (exact) mass is 272 g/mol. The second kappa shape index (κ2) is 5.87. The molecule has 1 aromatic carbocycles. The van der Waals surface area contributed by atoms with E-state index in [0.717, 1.165) is 24.5 Å². The van der Waals surface area contributed by atoms with Gasteiger partial charge in [0.25, 0.3) is 0 Å². The van der Waals surface area contributed by atoms with Gasteiger partial charge in [0.15, 0.2) is 0 Å². The van der Waals surface area contributed by atoms with Crippen molar-refractivity contribution >= 4 is 0 Å². The maximum absolute atomic E-state index is 3.69. The highest BCUT2D eigenvalue weighted by Crippen LogP contribution is 2.37. The number of hydrogen-bond acceptors (Lipinski definition) is 2. The van der Waals surface area contributed by atoms with Gasteiger partial charge in [0.2, 0.25) is 0 Å². The zero-order valence-corrected chi connectivity index (χ0v) is 13.2. The summed E-state index contributed by atoms with van der Waals surface area (Å²) in [5.41, 5.74) is 4.18. The Bertz CT molecular complexity index is 434. The fourth-order valence-electron chi connectivity index (χ4n) is 4.28. The summed E-state index contributed by atoms with van der Waals surface area (Å²) in [5.74, 6) is 0.884. The van der Waals surface area contributed by atoms with Gasteiger partial charge in [-0.15, -0.1) is 0 Å². The van der Waals surface area contributed by atoms with Crippen molar-refractivity contribution in [2.75, 3.05) is 13.6 Å². The molecule has 0 spiro atoms. The van der Waals surface area contributed by atoms with E-state index >= 15 is 0 Å². The molecule has 1 N–H and O–H groups in total. The van der Waals surface area contributed by atoms with Gasteiger partial charge in [0, 0.05) is 18.6 Å². The molecule has 2 fully saturated rings. The smallest absolute Gasteiger partial charge is 0.0205 e. The summed E-state index contributed by atoms with van der Waals surface area (Å²) in [6.45, 7) is 6.58. The third-order valence-electron chi connectivity index (χ3n) is 5.24. The third kappa shape index (κ3) is 3.07. The van der Waals surface area contributed by atoms with Crippen molar-refractivity contribution in [3.05, 3.63) is 34.9 Å². The van der Waals surface area contributed by atoms with Crippen molar-refractivity contribution in [2.24, 2.45) is 5.92 Å². The van der Waals surface area contributed by atoms with Crippen molar-refractivity contribution < 1.29 is 0 Å². The summed E-state index contributed by atoms with van der Waals surface area (Å²) >= 11 is 0. The van der Waals surface area contributed by atoms with E-state index in [2.05, 4.69) is 49.3 Å². The van der Waals surface area contributed by atoms with Crippen molar-refractivity contribution in [1.29, 1.82) is 0 Å². The van der Waals surface area contributed by atoms with Crippen molar-refractivity contribution in [3.8, 4) is 0 Å². The van der Waals surface area contributed by atoms with Crippen LogP contribution in [-0.2, 0) is 6.54 Å². The first-order valence-electron chi connectivity index (χ1n) is 8.11. The predicted octanol–water partition coefficient (Wildman–Crippen LogP) is 3.27. The number of nitrogens with one attached hydrogen (secondary N) is 1. The van der Waals surface area contributed by atoms with E-state index in [1.807, 2.05) is 0 Å². The Hall–Kier alpha value is -0.860. The molecule has 0 saturated carbocycles. The molecule has 0 aliphatic carbocycles. The molecule has 110 valence electrons. The molecule has 0 radical (unpaired) electrons. The van der Waals surface area contributed by atoms with E-state index in [1.54, 1.807) is 0 Å². The zero-order chi connectivity index (χ0) is 14.1. The van der Waals surface area contributed by atoms with Gasteiger partial charge in [0.05, 0.1) is 0 Å². The molecule has 0 amide bonds. The number of hydrogen-bond donors (Lipinski definition) is 1. The summed E-state index contributed by atoms with van der Waals surface area (Å²) in [5, 5.41) is 3.69. The molecule has 2 bridgehead atoms. The van der Waals surface area contributed by atoms with Gasteiger partial charge in [-0.1, -0.05) is 29.3 Å². The van der Waals surface area contributed by atoms with E-state index in [0.29, 0.717) is 0 Å². The second-order valence-corrected chi connectivity index (χ2v) is 7.01. The molecular weight excluding hydrogens is 244 g/mol. The van der Waals surface area contributed by atoms with E-state index in [-0.39, 0.29) is 0 Å². The number of fused-ring (bicyclic) bond motifs is 2. The van der Waals surface area contributed by atoms with Crippen LogP contribution in [-0.4, -0.2) is 30.6 Å². The molecule has 2 heterocycles. The molecule has 3 rings (SSSR count). The van der Waals surface area contributed by atoms with Gasteiger partial charge < -0.3 is 10.2 Å². The Morgan fingerprint density at radius 3 is 2.25 bits per heavy atom. The molecular formula is C18H28N2. The largest absolute Gasteiger partial charge is 0.312 e. The van der Waals surface area contributed by atoms with E-state index in [4.69, 9.17) is 0 Å². The topological polar surface area (TPSA) is 15.3 Å². The third-order valence-corrected chi connectivity index (χ3v) is 5.24. The quantitative estimate of drug-likeness (QED) is 0.905. The number of nitrogens with zero attached hydrogens (tertiary/aromatic N) is 1. The fraction of sp³-hybridized carbons (Fsp3) is 0.667. The first-order valence-corrected chi connectivity index (χ1v) is 8.11. The van der Waals surface area contributed by atoms with Crippen LogP contribution in [0.15, 0.2) is 18.2 Å². The van der Waals surface area contributed by atoms with E-state index in [9.17, 15) is 0 Å². The minimum absolute atomic E-state index is 0.863. The predicted molar refractivity (Wildman–Crippen MR) is 84.9 cm³/mol. The molecule has 2 saturated heterocycles. The highest BCUT2D eigenvalue weighted by molar-refractivity contribution is 5.28. The van der Waals surface area contributed by atoms with Crippen LogP contribution in [0.1, 0.15) is 42.4 Å². The maximum Gasteiger partial charge on any atom is 0.0205 e. The van der Waals surface area contributed by atoms with Gasteiger partial charge >= 0.3 is 0 Å². The Balaban J connectivity index is 1.48. The Labute approximate surface area is 123 Å². The first-order chi connectivity index (χ1) is 9.61. The molecule has 2 nitrogen and oxygen atoms in total. The lowest BCUT2D eigenvalue weighted by molar-refractivity contribution is 0.133. The summed E-state index contributed by atoms with van der Waals surface area (Å²) in [7, 11) is 2.32. The Kier molecular flexibility index (Phi) is 4.13. The number of piperidine rings is 1. The molecule has 2 atom stereocenters. The maximum atomic E-state index is 3.69. The van der Waals surface area contributed by atoms with Crippen LogP contribution in [0.25, 0.3) is 0 Å². The van der Waals surface area contributed by atoms with Crippen LogP contribution < -0.4 is 5.32 Å². The molecule has 20 heavy (non-hydrogen) atoms. The van der Waals surface area contributed by atoms with Crippen molar-refractivity contribution in [2.45, 2.75) is 58.2 Å². The Morgan fingerprint density at radius 2 is 1.65 bits per heavy atom. The van der Waals surface area contributed by atoms with Crippen molar-refractivity contribution in [3.63, 3.8) is 0 Å². The molecule has 0 aromatic heterocycles. The molecule has 2 unspecified atom stereocenters. The molecule has 2 heteroatoms. The summed E-state index contributed by atoms with van der Waals surface area (Å²) in [6, 6.07) is 8.58. The van der Waals surface area contributed by atoms with Crippen LogP contribution in [0.2, 0.25) is 0 Å². The van der Waals surface area contributed by atoms with Crippen LogP contribution in [0.5, 0.6) is 0 Å². The summed E-state index contributed by atoms with van der Waals surface area (Å²) < 4.78 is 0. The van der Waals surface area contributed by atoms with Crippen LogP contribution in [0.4, 0.5) is 0 Å². The van der Waals surface area contributed by atoms with Gasteiger partial charge in [-0.25, -0.2) is 0 Å². The van der Waals surface area contributed by atoms with E-state index in [1.165, 1.54) is 48.9 Å². The van der Waals surface area contributed by atoms with Crippen LogP contribution >= 0.6 is 0 Å². The minimum Gasteiger partial charge on any atom is -0.312 e. The van der Waals surface area contributed by atoms with Crippen LogP contribution in [0, 0.1) is 19.8 Å². The normalized spacial score (nSPS) is 29.9. The SMILES string of the molecule is Cc1cc(C)cc(CNCC2CC3CCC(C2)N3C)c1. The first kappa shape index (κ1) is 14.1. The number of benzene rings is 1. The zero-order valence-electron chi connectivity index (χ0n) is 13.2.